The Bertz CT molecular complexity index is 468. The maximum atomic E-state index is 12.0. The highest BCUT2D eigenvalue weighted by atomic mass is 32.2. The Balaban J connectivity index is 2.04. The maximum Gasteiger partial charge on any atom is 0.233 e. The number of thioether (sulfide) groups is 1. The molecule has 1 amide bonds. The fourth-order valence-corrected chi connectivity index (χ4v) is 3.78. The molecule has 1 fully saturated rings. The van der Waals surface area contributed by atoms with Gasteiger partial charge in [-0.3, -0.25) is 4.79 Å². The van der Waals surface area contributed by atoms with Gasteiger partial charge < -0.3 is 9.88 Å². The molecule has 0 saturated heterocycles. The van der Waals surface area contributed by atoms with Crippen molar-refractivity contribution in [1.82, 2.24) is 20.1 Å². The number of hydrogen-bond donors (Lipinski definition) is 1. The first-order chi connectivity index (χ1) is 10.1. The molecule has 0 bridgehead atoms. The first kappa shape index (κ1) is 16.3. The van der Waals surface area contributed by atoms with Crippen molar-refractivity contribution in [2.45, 2.75) is 75.7 Å². The van der Waals surface area contributed by atoms with Crippen LogP contribution in [0.15, 0.2) is 5.16 Å². The second kappa shape index (κ2) is 7.82. The second-order valence-electron chi connectivity index (χ2n) is 5.74. The number of rotatable bonds is 6. The molecule has 0 spiro atoms. The molecule has 118 valence electrons. The van der Waals surface area contributed by atoms with Crippen LogP contribution in [0.2, 0.25) is 0 Å². The SMILES string of the molecule is CCCNC(=O)C(C)Sc1nnc(C)n1C1CCCCC1. The third-order valence-corrected chi connectivity index (χ3v) is 5.03. The summed E-state index contributed by atoms with van der Waals surface area (Å²) in [4.78, 5) is 12.0. The molecule has 1 aromatic heterocycles. The van der Waals surface area contributed by atoms with Gasteiger partial charge in [0, 0.05) is 12.6 Å². The van der Waals surface area contributed by atoms with E-state index in [9.17, 15) is 4.79 Å². The Morgan fingerprint density at radius 2 is 2.10 bits per heavy atom. The lowest BCUT2D eigenvalue weighted by Gasteiger charge is -2.25. The van der Waals surface area contributed by atoms with Crippen LogP contribution >= 0.6 is 11.8 Å². The minimum atomic E-state index is -0.137. The number of hydrogen-bond acceptors (Lipinski definition) is 4. The van der Waals surface area contributed by atoms with Crippen LogP contribution in [-0.4, -0.2) is 32.5 Å². The molecule has 0 aliphatic heterocycles. The van der Waals surface area contributed by atoms with Crippen LogP contribution in [0.1, 0.15) is 64.2 Å². The first-order valence-electron chi connectivity index (χ1n) is 7.99. The highest BCUT2D eigenvalue weighted by molar-refractivity contribution is 8.00. The summed E-state index contributed by atoms with van der Waals surface area (Å²) >= 11 is 1.52. The molecule has 2 rings (SSSR count). The smallest absolute Gasteiger partial charge is 0.233 e. The molecule has 0 aromatic carbocycles. The topological polar surface area (TPSA) is 59.8 Å². The Labute approximate surface area is 131 Å². The van der Waals surface area contributed by atoms with E-state index < -0.39 is 0 Å². The minimum Gasteiger partial charge on any atom is -0.355 e. The molecular formula is C15H26N4OS. The Hall–Kier alpha value is -1.04. The van der Waals surface area contributed by atoms with Gasteiger partial charge in [0.05, 0.1) is 5.25 Å². The van der Waals surface area contributed by atoms with Crippen LogP contribution in [0.3, 0.4) is 0 Å². The van der Waals surface area contributed by atoms with Gasteiger partial charge in [-0.15, -0.1) is 10.2 Å². The average molecular weight is 310 g/mol. The van der Waals surface area contributed by atoms with Crippen molar-refractivity contribution >= 4 is 17.7 Å². The van der Waals surface area contributed by atoms with Gasteiger partial charge >= 0.3 is 0 Å². The number of carbonyl (C=O) groups is 1. The lowest BCUT2D eigenvalue weighted by Crippen LogP contribution is -2.31. The lowest BCUT2D eigenvalue weighted by atomic mass is 9.95. The molecule has 21 heavy (non-hydrogen) atoms. The van der Waals surface area contributed by atoms with E-state index in [0.29, 0.717) is 6.04 Å². The summed E-state index contributed by atoms with van der Waals surface area (Å²) in [6.07, 6.45) is 7.24. The predicted octanol–water partition coefficient (Wildman–Crippen LogP) is 3.10. The fraction of sp³-hybridized carbons (Fsp3) is 0.800. The van der Waals surface area contributed by atoms with E-state index in [2.05, 4.69) is 27.0 Å². The lowest BCUT2D eigenvalue weighted by molar-refractivity contribution is -0.120. The van der Waals surface area contributed by atoms with Gasteiger partial charge in [-0.1, -0.05) is 37.9 Å². The molecule has 1 saturated carbocycles. The summed E-state index contributed by atoms with van der Waals surface area (Å²) in [5.74, 6) is 1.04. The van der Waals surface area contributed by atoms with Gasteiger partial charge in [0.15, 0.2) is 5.16 Å². The molecule has 1 unspecified atom stereocenters. The van der Waals surface area contributed by atoms with Crippen LogP contribution in [0, 0.1) is 6.92 Å². The quantitative estimate of drug-likeness (QED) is 0.820. The van der Waals surface area contributed by atoms with Crippen molar-refractivity contribution in [3.63, 3.8) is 0 Å². The molecule has 0 radical (unpaired) electrons. The number of aromatic nitrogens is 3. The van der Waals surface area contributed by atoms with Crippen LogP contribution in [0.4, 0.5) is 0 Å². The fourth-order valence-electron chi connectivity index (χ4n) is 2.79. The van der Waals surface area contributed by atoms with Crippen molar-refractivity contribution in [1.29, 1.82) is 0 Å². The Kier molecular flexibility index (Phi) is 6.08. The number of nitrogens with zero attached hydrogens (tertiary/aromatic N) is 3. The summed E-state index contributed by atoms with van der Waals surface area (Å²) in [5.41, 5.74) is 0. The average Bonchev–Trinajstić information content (AvgIpc) is 2.86. The molecule has 1 atom stereocenters. The largest absolute Gasteiger partial charge is 0.355 e. The molecule has 1 aliphatic rings. The predicted molar refractivity (Wildman–Crippen MR) is 85.5 cm³/mol. The molecule has 6 heteroatoms. The molecule has 1 N–H and O–H groups in total. The first-order valence-corrected chi connectivity index (χ1v) is 8.87. The van der Waals surface area contributed by atoms with Gasteiger partial charge in [0.1, 0.15) is 5.82 Å². The third kappa shape index (κ3) is 4.22. The van der Waals surface area contributed by atoms with E-state index in [0.717, 1.165) is 23.9 Å². The standard InChI is InChI=1S/C15H26N4OS/c1-4-10-16-14(20)11(2)21-15-18-17-12(3)19(15)13-8-6-5-7-9-13/h11,13H,4-10H2,1-3H3,(H,16,20). The molecule has 1 heterocycles. The minimum absolute atomic E-state index is 0.0812. The zero-order chi connectivity index (χ0) is 15.2. The van der Waals surface area contributed by atoms with E-state index in [1.54, 1.807) is 0 Å². The van der Waals surface area contributed by atoms with Crippen LogP contribution in [-0.2, 0) is 4.79 Å². The number of aryl methyl sites for hydroxylation is 1. The summed E-state index contributed by atoms with van der Waals surface area (Å²) in [7, 11) is 0. The van der Waals surface area contributed by atoms with Gasteiger partial charge in [-0.05, 0) is 33.1 Å². The summed E-state index contributed by atoms with van der Waals surface area (Å²) in [6, 6.07) is 0.502. The van der Waals surface area contributed by atoms with Crippen LogP contribution in [0.25, 0.3) is 0 Å². The molecule has 1 aliphatic carbocycles. The van der Waals surface area contributed by atoms with Crippen molar-refractivity contribution in [2.24, 2.45) is 0 Å². The zero-order valence-corrected chi connectivity index (χ0v) is 14.1. The van der Waals surface area contributed by atoms with E-state index in [4.69, 9.17) is 0 Å². The second-order valence-corrected chi connectivity index (χ2v) is 7.05. The highest BCUT2D eigenvalue weighted by Gasteiger charge is 2.24. The summed E-state index contributed by atoms with van der Waals surface area (Å²) in [5, 5.41) is 12.2. The highest BCUT2D eigenvalue weighted by Crippen LogP contribution is 2.33. The van der Waals surface area contributed by atoms with Crippen molar-refractivity contribution < 1.29 is 4.79 Å². The van der Waals surface area contributed by atoms with Crippen molar-refractivity contribution in [3.05, 3.63) is 5.82 Å². The van der Waals surface area contributed by atoms with Crippen LogP contribution in [0.5, 0.6) is 0 Å². The number of amides is 1. The molecule has 5 nitrogen and oxygen atoms in total. The summed E-state index contributed by atoms with van der Waals surface area (Å²) < 4.78 is 2.24. The van der Waals surface area contributed by atoms with E-state index in [1.165, 1.54) is 43.9 Å². The number of nitrogens with one attached hydrogen (secondary N) is 1. The Morgan fingerprint density at radius 3 is 2.76 bits per heavy atom. The van der Waals surface area contributed by atoms with E-state index >= 15 is 0 Å². The van der Waals surface area contributed by atoms with Gasteiger partial charge in [0.25, 0.3) is 0 Å². The number of carbonyl (C=O) groups excluding carboxylic acids is 1. The molecule has 1 aromatic rings. The van der Waals surface area contributed by atoms with Gasteiger partial charge in [0.2, 0.25) is 5.91 Å². The van der Waals surface area contributed by atoms with Gasteiger partial charge in [-0.2, -0.15) is 0 Å². The van der Waals surface area contributed by atoms with Crippen molar-refractivity contribution in [2.75, 3.05) is 6.54 Å². The van der Waals surface area contributed by atoms with E-state index in [-0.39, 0.29) is 11.2 Å². The normalized spacial score (nSPS) is 17.7. The monoisotopic (exact) mass is 310 g/mol. The van der Waals surface area contributed by atoms with E-state index in [1.807, 2.05) is 13.8 Å². The van der Waals surface area contributed by atoms with Crippen LogP contribution < -0.4 is 5.32 Å². The third-order valence-electron chi connectivity index (χ3n) is 3.98. The van der Waals surface area contributed by atoms with Crippen molar-refractivity contribution in [3.8, 4) is 0 Å². The molecular weight excluding hydrogens is 284 g/mol. The summed E-state index contributed by atoms with van der Waals surface area (Å²) in [6.45, 7) is 6.73. The van der Waals surface area contributed by atoms with Gasteiger partial charge in [-0.25, -0.2) is 0 Å². The Morgan fingerprint density at radius 1 is 1.38 bits per heavy atom. The maximum absolute atomic E-state index is 12.0. The zero-order valence-electron chi connectivity index (χ0n) is 13.3.